The Morgan fingerprint density at radius 2 is 2.30 bits per heavy atom. The molecule has 1 aromatic carbocycles. The molecule has 0 aliphatic heterocycles. The molecular weight excluding hydrogens is 274 g/mol. The molecule has 106 valence electrons. The molecule has 7 heteroatoms. The van der Waals surface area contributed by atoms with Gasteiger partial charge in [0.25, 0.3) is 0 Å². The van der Waals surface area contributed by atoms with Crippen molar-refractivity contribution in [3.05, 3.63) is 29.3 Å². The molecule has 1 fully saturated rings. The third-order valence-corrected chi connectivity index (χ3v) is 4.29. The third-order valence-electron chi connectivity index (χ3n) is 3.29. The molecule has 1 aromatic heterocycles. The number of ether oxygens (including phenoxy) is 1. The lowest BCUT2D eigenvalue weighted by atomic mass is 10.1. The molecule has 0 spiro atoms. The second kappa shape index (κ2) is 5.80. The van der Waals surface area contributed by atoms with Gasteiger partial charge in [-0.3, -0.25) is 0 Å². The van der Waals surface area contributed by atoms with E-state index in [1.807, 2.05) is 10.7 Å². The first-order valence-electron chi connectivity index (χ1n) is 6.58. The molecule has 0 radical (unpaired) electrons. The van der Waals surface area contributed by atoms with Crippen LogP contribution >= 0.6 is 11.8 Å². The van der Waals surface area contributed by atoms with E-state index in [1.54, 1.807) is 18.9 Å². The van der Waals surface area contributed by atoms with Gasteiger partial charge in [0.05, 0.1) is 13.2 Å². The number of thioether (sulfide) groups is 1. The molecule has 0 amide bonds. The Balaban J connectivity index is 1.70. The van der Waals surface area contributed by atoms with Crippen molar-refractivity contribution in [1.29, 1.82) is 0 Å². The second-order valence-electron chi connectivity index (χ2n) is 4.78. The summed E-state index contributed by atoms with van der Waals surface area (Å²) in [6, 6.07) is 6.60. The van der Waals surface area contributed by atoms with Gasteiger partial charge in [-0.05, 0) is 41.0 Å². The van der Waals surface area contributed by atoms with Crippen LogP contribution in [0.2, 0.25) is 0 Å². The Bertz CT molecular complexity index is 596. The summed E-state index contributed by atoms with van der Waals surface area (Å²) in [4.78, 5) is 0. The Labute approximate surface area is 121 Å². The number of nitrogens with two attached hydrogens (primary N) is 1. The Hall–Kier alpha value is -1.60. The molecule has 1 aliphatic carbocycles. The quantitative estimate of drug-likeness (QED) is 0.817. The van der Waals surface area contributed by atoms with E-state index in [4.69, 9.17) is 10.5 Å². The maximum absolute atomic E-state index is 5.73. The molecule has 1 heterocycles. The number of aromatic nitrogens is 4. The Morgan fingerprint density at radius 1 is 1.45 bits per heavy atom. The summed E-state index contributed by atoms with van der Waals surface area (Å²) in [7, 11) is 1.66. The normalized spacial score (nSPS) is 14.5. The molecule has 2 aromatic rings. The summed E-state index contributed by atoms with van der Waals surface area (Å²) in [6.45, 7) is 0.474. The van der Waals surface area contributed by atoms with Crippen molar-refractivity contribution in [1.82, 2.24) is 20.2 Å². The summed E-state index contributed by atoms with van der Waals surface area (Å²) in [5.41, 5.74) is 7.95. The fraction of sp³-hybridized carbons (Fsp3) is 0.462. The number of hydrogen-bond donors (Lipinski definition) is 1. The lowest BCUT2D eigenvalue weighted by molar-refractivity contribution is 0.409. The first-order valence-corrected chi connectivity index (χ1v) is 7.57. The second-order valence-corrected chi connectivity index (χ2v) is 5.72. The zero-order chi connectivity index (χ0) is 13.9. The van der Waals surface area contributed by atoms with E-state index in [0.29, 0.717) is 12.6 Å². The van der Waals surface area contributed by atoms with Crippen LogP contribution in [-0.2, 0) is 12.3 Å². The molecular formula is C13H17N5OS. The summed E-state index contributed by atoms with van der Waals surface area (Å²) >= 11 is 1.65. The Kier molecular flexibility index (Phi) is 3.88. The number of tetrazole rings is 1. The SMILES string of the molecule is COc1ccc(CSc2nnnn2C2CC2)cc1CN. The van der Waals surface area contributed by atoms with E-state index < -0.39 is 0 Å². The monoisotopic (exact) mass is 291 g/mol. The first-order chi connectivity index (χ1) is 9.81. The molecule has 0 atom stereocenters. The van der Waals surface area contributed by atoms with Gasteiger partial charge in [-0.2, -0.15) is 0 Å². The van der Waals surface area contributed by atoms with Gasteiger partial charge in [-0.25, -0.2) is 4.68 Å². The van der Waals surface area contributed by atoms with Crippen molar-refractivity contribution in [2.75, 3.05) is 7.11 Å². The van der Waals surface area contributed by atoms with Crippen LogP contribution in [0.1, 0.15) is 30.0 Å². The van der Waals surface area contributed by atoms with Crippen LogP contribution in [0.3, 0.4) is 0 Å². The van der Waals surface area contributed by atoms with Crippen LogP contribution < -0.4 is 10.5 Å². The number of methoxy groups -OCH3 is 1. The van der Waals surface area contributed by atoms with Crippen LogP contribution in [-0.4, -0.2) is 27.3 Å². The molecule has 1 aliphatic rings. The Morgan fingerprint density at radius 3 is 3.00 bits per heavy atom. The van der Waals surface area contributed by atoms with E-state index in [9.17, 15) is 0 Å². The minimum Gasteiger partial charge on any atom is -0.496 e. The van der Waals surface area contributed by atoms with Crippen LogP contribution in [0.5, 0.6) is 5.75 Å². The standard InChI is InChI=1S/C13H17N5OS/c1-19-12-5-2-9(6-10(12)7-14)8-20-13-15-16-17-18(13)11-3-4-11/h2,5-6,11H,3-4,7-8,14H2,1H3. The summed E-state index contributed by atoms with van der Waals surface area (Å²) in [5, 5.41) is 12.8. The predicted molar refractivity (Wildman–Crippen MR) is 76.5 cm³/mol. The van der Waals surface area contributed by atoms with Crippen LogP contribution in [0.4, 0.5) is 0 Å². The van der Waals surface area contributed by atoms with Crippen molar-refractivity contribution in [2.45, 2.75) is 36.3 Å². The fourth-order valence-electron chi connectivity index (χ4n) is 2.06. The van der Waals surface area contributed by atoms with Gasteiger partial charge in [-0.15, -0.1) is 5.10 Å². The topological polar surface area (TPSA) is 78.9 Å². The lowest BCUT2D eigenvalue weighted by Gasteiger charge is -2.09. The smallest absolute Gasteiger partial charge is 0.209 e. The molecule has 2 N–H and O–H groups in total. The van der Waals surface area contributed by atoms with E-state index in [0.717, 1.165) is 22.2 Å². The van der Waals surface area contributed by atoms with Crippen molar-refractivity contribution < 1.29 is 4.74 Å². The lowest BCUT2D eigenvalue weighted by Crippen LogP contribution is -2.01. The van der Waals surface area contributed by atoms with Gasteiger partial charge in [0.2, 0.25) is 5.16 Å². The maximum atomic E-state index is 5.73. The number of nitrogens with zero attached hydrogens (tertiary/aromatic N) is 4. The van der Waals surface area contributed by atoms with Gasteiger partial charge in [-0.1, -0.05) is 17.8 Å². The highest BCUT2D eigenvalue weighted by Crippen LogP contribution is 2.37. The minimum atomic E-state index is 0.474. The molecule has 1 saturated carbocycles. The van der Waals surface area contributed by atoms with Crippen molar-refractivity contribution >= 4 is 11.8 Å². The zero-order valence-electron chi connectivity index (χ0n) is 11.3. The summed E-state index contributed by atoms with van der Waals surface area (Å²) in [6.07, 6.45) is 2.36. The van der Waals surface area contributed by atoms with Crippen molar-refractivity contribution in [3.8, 4) is 5.75 Å². The van der Waals surface area contributed by atoms with E-state index in [2.05, 4.69) is 27.7 Å². The van der Waals surface area contributed by atoms with Gasteiger partial charge in [0, 0.05) is 17.9 Å². The van der Waals surface area contributed by atoms with Crippen LogP contribution in [0.15, 0.2) is 23.4 Å². The van der Waals surface area contributed by atoms with E-state index in [1.165, 1.54) is 18.4 Å². The molecule has 20 heavy (non-hydrogen) atoms. The first kappa shape index (κ1) is 13.4. The highest BCUT2D eigenvalue weighted by molar-refractivity contribution is 7.98. The van der Waals surface area contributed by atoms with Crippen molar-refractivity contribution in [3.63, 3.8) is 0 Å². The van der Waals surface area contributed by atoms with Crippen LogP contribution in [0.25, 0.3) is 0 Å². The molecule has 0 unspecified atom stereocenters. The number of rotatable bonds is 6. The van der Waals surface area contributed by atoms with E-state index in [-0.39, 0.29) is 0 Å². The number of benzene rings is 1. The van der Waals surface area contributed by atoms with Crippen molar-refractivity contribution in [2.24, 2.45) is 5.73 Å². The highest BCUT2D eigenvalue weighted by Gasteiger charge is 2.27. The molecule has 3 rings (SSSR count). The average molecular weight is 291 g/mol. The summed E-state index contributed by atoms with van der Waals surface area (Å²) in [5.74, 6) is 1.66. The third kappa shape index (κ3) is 2.78. The van der Waals surface area contributed by atoms with Gasteiger partial charge < -0.3 is 10.5 Å². The minimum absolute atomic E-state index is 0.474. The molecule has 0 saturated heterocycles. The maximum Gasteiger partial charge on any atom is 0.209 e. The largest absolute Gasteiger partial charge is 0.496 e. The zero-order valence-corrected chi connectivity index (χ0v) is 12.1. The van der Waals surface area contributed by atoms with Gasteiger partial charge in [0.15, 0.2) is 0 Å². The summed E-state index contributed by atoms with van der Waals surface area (Å²) < 4.78 is 7.21. The van der Waals surface area contributed by atoms with Crippen LogP contribution in [0, 0.1) is 0 Å². The highest BCUT2D eigenvalue weighted by atomic mass is 32.2. The average Bonchev–Trinajstić information content (AvgIpc) is 3.23. The fourth-order valence-corrected chi connectivity index (χ4v) is 2.95. The van der Waals surface area contributed by atoms with Gasteiger partial charge in [0.1, 0.15) is 5.75 Å². The number of hydrogen-bond acceptors (Lipinski definition) is 6. The van der Waals surface area contributed by atoms with E-state index >= 15 is 0 Å². The molecule has 6 nitrogen and oxygen atoms in total. The molecule has 0 bridgehead atoms. The predicted octanol–water partition coefficient (Wildman–Crippen LogP) is 1.77. The van der Waals surface area contributed by atoms with Gasteiger partial charge >= 0.3 is 0 Å².